The van der Waals surface area contributed by atoms with E-state index in [-0.39, 0.29) is 17.6 Å². The van der Waals surface area contributed by atoms with Gasteiger partial charge in [0, 0.05) is 41.6 Å². The molecule has 172 valence electrons. The summed E-state index contributed by atoms with van der Waals surface area (Å²) >= 11 is 0. The Labute approximate surface area is 200 Å². The van der Waals surface area contributed by atoms with Gasteiger partial charge < -0.3 is 15.1 Å². The van der Waals surface area contributed by atoms with E-state index in [0.29, 0.717) is 39.1 Å². The highest BCUT2D eigenvalue weighted by molar-refractivity contribution is 6.12. The number of rotatable bonds is 5. The Morgan fingerprint density at radius 1 is 0.829 bits per heavy atom. The van der Waals surface area contributed by atoms with Crippen molar-refractivity contribution in [1.29, 1.82) is 0 Å². The Morgan fingerprint density at radius 2 is 1.54 bits per heavy atom. The number of furan rings is 1. The minimum atomic E-state index is -0.374. The van der Waals surface area contributed by atoms with Crippen LogP contribution in [0.4, 0.5) is 10.1 Å². The van der Waals surface area contributed by atoms with Gasteiger partial charge >= 0.3 is 0 Å². The van der Waals surface area contributed by atoms with E-state index in [1.807, 2.05) is 18.2 Å². The average molecular weight is 465 g/mol. The number of pyridine rings is 1. The number of halogens is 1. The predicted octanol–water partition coefficient (Wildman–Crippen LogP) is 5.91. The maximum atomic E-state index is 13.4. The first-order valence-corrected chi connectivity index (χ1v) is 10.9. The van der Waals surface area contributed by atoms with Crippen LogP contribution in [0.1, 0.15) is 20.7 Å². The van der Waals surface area contributed by atoms with Crippen molar-refractivity contribution in [2.45, 2.75) is 0 Å². The van der Waals surface area contributed by atoms with Crippen molar-refractivity contribution in [2.75, 3.05) is 12.4 Å². The summed E-state index contributed by atoms with van der Waals surface area (Å²) in [5.74, 6) is -0.568. The molecule has 5 aromatic rings. The van der Waals surface area contributed by atoms with Crippen molar-refractivity contribution in [3.63, 3.8) is 0 Å². The molecule has 2 aromatic heterocycles. The number of fused-ring (bicyclic) bond motifs is 1. The quantitative estimate of drug-likeness (QED) is 0.338. The van der Waals surface area contributed by atoms with Crippen LogP contribution in [0.25, 0.3) is 33.4 Å². The van der Waals surface area contributed by atoms with Gasteiger partial charge in [-0.2, -0.15) is 0 Å². The van der Waals surface area contributed by atoms with E-state index in [1.165, 1.54) is 12.1 Å². The molecule has 0 bridgehead atoms. The molecule has 0 aliphatic rings. The standard InChI is InChI=1S/C28H20FN3O3/c1-30-28(34)25-23-16-19(7-10-24(23)35-26(25)17-5-8-21(29)9-6-17)18-3-2-4-20(15-18)27(33)32-22-11-13-31-14-12-22/h2-16H,1H3,(H,30,34)(H,31,32,33). The lowest BCUT2D eigenvalue weighted by atomic mass is 9.99. The largest absolute Gasteiger partial charge is 0.455 e. The van der Waals surface area contributed by atoms with Crippen LogP contribution in [0.15, 0.2) is 95.7 Å². The first-order valence-electron chi connectivity index (χ1n) is 10.9. The molecule has 0 radical (unpaired) electrons. The Hall–Kier alpha value is -4.78. The van der Waals surface area contributed by atoms with Gasteiger partial charge in [0.25, 0.3) is 11.8 Å². The third-order valence-electron chi connectivity index (χ3n) is 5.64. The number of aromatic nitrogens is 1. The Balaban J connectivity index is 1.55. The normalized spacial score (nSPS) is 10.8. The molecule has 0 saturated heterocycles. The molecule has 2 N–H and O–H groups in total. The first-order chi connectivity index (χ1) is 17.0. The fourth-order valence-electron chi connectivity index (χ4n) is 3.91. The third-order valence-corrected chi connectivity index (χ3v) is 5.64. The smallest absolute Gasteiger partial charge is 0.255 e. The SMILES string of the molecule is CNC(=O)c1c(-c2ccc(F)cc2)oc2ccc(-c3cccc(C(=O)Nc4ccncc4)c3)cc12. The van der Waals surface area contributed by atoms with Gasteiger partial charge in [-0.15, -0.1) is 0 Å². The second-order valence-electron chi connectivity index (χ2n) is 7.87. The number of hydrogen-bond donors (Lipinski definition) is 2. The summed E-state index contributed by atoms with van der Waals surface area (Å²) in [4.78, 5) is 29.5. The maximum absolute atomic E-state index is 13.4. The lowest BCUT2D eigenvalue weighted by Crippen LogP contribution is -2.18. The van der Waals surface area contributed by atoms with Crippen LogP contribution in [-0.2, 0) is 0 Å². The van der Waals surface area contributed by atoms with Crippen LogP contribution in [0, 0.1) is 5.82 Å². The zero-order valence-electron chi connectivity index (χ0n) is 18.7. The van der Waals surface area contributed by atoms with E-state index in [4.69, 9.17) is 4.42 Å². The number of anilines is 1. The Kier molecular flexibility index (Phi) is 5.81. The molecule has 0 spiro atoms. The van der Waals surface area contributed by atoms with Gasteiger partial charge in [-0.3, -0.25) is 14.6 Å². The Bertz CT molecular complexity index is 1540. The lowest BCUT2D eigenvalue weighted by molar-refractivity contribution is 0.0963. The van der Waals surface area contributed by atoms with E-state index >= 15 is 0 Å². The topological polar surface area (TPSA) is 84.2 Å². The van der Waals surface area contributed by atoms with Crippen molar-refractivity contribution >= 4 is 28.5 Å². The maximum Gasteiger partial charge on any atom is 0.255 e. The average Bonchev–Trinajstić information content (AvgIpc) is 3.28. The van der Waals surface area contributed by atoms with Gasteiger partial charge in [-0.05, 0) is 71.8 Å². The van der Waals surface area contributed by atoms with E-state index < -0.39 is 0 Å². The van der Waals surface area contributed by atoms with E-state index in [1.54, 1.807) is 68.0 Å². The summed E-state index contributed by atoms with van der Waals surface area (Å²) in [6.07, 6.45) is 3.22. The number of hydrogen-bond acceptors (Lipinski definition) is 4. The van der Waals surface area contributed by atoms with Gasteiger partial charge in [0.1, 0.15) is 17.2 Å². The minimum absolute atomic E-state index is 0.243. The van der Waals surface area contributed by atoms with Gasteiger partial charge in [0.05, 0.1) is 5.56 Å². The van der Waals surface area contributed by atoms with Crippen LogP contribution in [0.5, 0.6) is 0 Å². The van der Waals surface area contributed by atoms with Crippen molar-refractivity contribution in [1.82, 2.24) is 10.3 Å². The van der Waals surface area contributed by atoms with Gasteiger partial charge in [0.15, 0.2) is 0 Å². The highest BCUT2D eigenvalue weighted by Gasteiger charge is 2.22. The summed E-state index contributed by atoms with van der Waals surface area (Å²) in [5.41, 5.74) is 4.25. The highest BCUT2D eigenvalue weighted by atomic mass is 19.1. The molecule has 0 atom stereocenters. The molecule has 2 amide bonds. The summed E-state index contributed by atoms with van der Waals surface area (Å²) in [6, 6.07) is 22.0. The number of benzene rings is 3. The number of nitrogens with one attached hydrogen (secondary N) is 2. The number of amides is 2. The van der Waals surface area contributed by atoms with Crippen LogP contribution < -0.4 is 10.6 Å². The second kappa shape index (κ2) is 9.23. The predicted molar refractivity (Wildman–Crippen MR) is 133 cm³/mol. The second-order valence-corrected chi connectivity index (χ2v) is 7.87. The molecular formula is C28H20FN3O3. The molecule has 0 unspecified atom stereocenters. The van der Waals surface area contributed by atoms with E-state index in [9.17, 15) is 14.0 Å². The first kappa shape index (κ1) is 22.0. The summed E-state index contributed by atoms with van der Waals surface area (Å²) in [7, 11) is 1.55. The molecule has 3 aromatic carbocycles. The number of nitrogens with zero attached hydrogens (tertiary/aromatic N) is 1. The van der Waals surface area contributed by atoms with Crippen LogP contribution in [-0.4, -0.2) is 23.8 Å². The van der Waals surface area contributed by atoms with Crippen molar-refractivity contribution in [3.8, 4) is 22.5 Å². The fraction of sp³-hybridized carbons (Fsp3) is 0.0357. The molecule has 7 heteroatoms. The monoisotopic (exact) mass is 465 g/mol. The summed E-state index contributed by atoms with van der Waals surface area (Å²) in [6.45, 7) is 0. The van der Waals surface area contributed by atoms with Gasteiger partial charge in [-0.25, -0.2) is 4.39 Å². The van der Waals surface area contributed by atoms with Crippen molar-refractivity contribution < 1.29 is 18.4 Å². The van der Waals surface area contributed by atoms with Crippen LogP contribution in [0.2, 0.25) is 0 Å². The molecule has 6 nitrogen and oxygen atoms in total. The summed E-state index contributed by atoms with van der Waals surface area (Å²) in [5, 5.41) is 6.13. The van der Waals surface area contributed by atoms with Gasteiger partial charge in [-0.1, -0.05) is 18.2 Å². The molecule has 0 saturated carbocycles. The fourth-order valence-corrected chi connectivity index (χ4v) is 3.91. The zero-order valence-corrected chi connectivity index (χ0v) is 18.7. The molecule has 0 aliphatic carbocycles. The van der Waals surface area contributed by atoms with Crippen LogP contribution in [0.3, 0.4) is 0 Å². The summed E-state index contributed by atoms with van der Waals surface area (Å²) < 4.78 is 19.5. The van der Waals surface area contributed by atoms with Crippen molar-refractivity contribution in [3.05, 3.63) is 108 Å². The third kappa shape index (κ3) is 4.39. The van der Waals surface area contributed by atoms with E-state index in [2.05, 4.69) is 15.6 Å². The van der Waals surface area contributed by atoms with Gasteiger partial charge in [0.2, 0.25) is 0 Å². The zero-order chi connectivity index (χ0) is 24.4. The minimum Gasteiger partial charge on any atom is -0.455 e. The Morgan fingerprint density at radius 3 is 2.29 bits per heavy atom. The highest BCUT2D eigenvalue weighted by Crippen LogP contribution is 2.36. The van der Waals surface area contributed by atoms with Crippen LogP contribution >= 0.6 is 0 Å². The van der Waals surface area contributed by atoms with E-state index in [0.717, 1.165) is 11.1 Å². The molecule has 0 fully saturated rings. The molecular weight excluding hydrogens is 445 g/mol. The number of carbonyl (C=O) groups is 2. The molecule has 2 heterocycles. The molecule has 35 heavy (non-hydrogen) atoms. The molecule has 0 aliphatic heterocycles. The lowest BCUT2D eigenvalue weighted by Gasteiger charge is -2.08. The molecule has 5 rings (SSSR count). The number of carbonyl (C=O) groups excluding carboxylic acids is 2. The van der Waals surface area contributed by atoms with Crippen molar-refractivity contribution in [2.24, 2.45) is 0 Å².